The second-order valence-corrected chi connectivity index (χ2v) is 7.31. The molecule has 1 aliphatic rings. The van der Waals surface area contributed by atoms with Gasteiger partial charge in [0.2, 0.25) is 0 Å². The van der Waals surface area contributed by atoms with E-state index in [2.05, 4.69) is 23.2 Å². The van der Waals surface area contributed by atoms with Crippen molar-refractivity contribution in [3.63, 3.8) is 0 Å². The molecule has 1 heterocycles. The molecule has 0 amide bonds. The van der Waals surface area contributed by atoms with Gasteiger partial charge >= 0.3 is 5.97 Å². The summed E-state index contributed by atoms with van der Waals surface area (Å²) in [5.41, 5.74) is 2.28. The average molecular weight is 428 g/mol. The molecule has 0 saturated heterocycles. The molecule has 5 nitrogen and oxygen atoms in total. The third-order valence-electron chi connectivity index (χ3n) is 5.64. The van der Waals surface area contributed by atoms with Gasteiger partial charge in [-0.3, -0.25) is 14.6 Å². The molecule has 6 heteroatoms. The number of hydrogen-bond donors (Lipinski definition) is 0. The van der Waals surface area contributed by atoms with Crippen molar-refractivity contribution in [1.82, 2.24) is 4.98 Å². The monoisotopic (exact) mass is 427 g/mol. The number of hydrogen-bond acceptors (Lipinski definition) is 4. The number of carbonyl (C=O) groups is 2. The maximum Gasteiger partial charge on any atom is 0.305 e. The Morgan fingerprint density at radius 1 is 1.07 bits per heavy atom. The van der Waals surface area contributed by atoms with Crippen LogP contribution in [0.2, 0.25) is 0 Å². The van der Waals surface area contributed by atoms with Crippen LogP contribution >= 0.6 is 12.4 Å². The van der Waals surface area contributed by atoms with Gasteiger partial charge in [0, 0.05) is 24.4 Å². The van der Waals surface area contributed by atoms with Gasteiger partial charge in [-0.1, -0.05) is 36.4 Å². The minimum absolute atomic E-state index is 0. The number of halogens is 1. The molecule has 1 aromatic heterocycles. The second kappa shape index (κ2) is 9.83. The van der Waals surface area contributed by atoms with Crippen molar-refractivity contribution < 1.29 is 19.8 Å². The lowest BCUT2D eigenvalue weighted by atomic mass is 9.71. The smallest absolute Gasteiger partial charge is 0.305 e. The number of esters is 1. The van der Waals surface area contributed by atoms with Crippen LogP contribution < -0.4 is 0 Å². The summed E-state index contributed by atoms with van der Waals surface area (Å²) in [6.07, 6.45) is 5.67. The first-order valence-electron chi connectivity index (χ1n) is 9.77. The predicted molar refractivity (Wildman–Crippen MR) is 119 cm³/mol. The second-order valence-electron chi connectivity index (χ2n) is 7.31. The van der Waals surface area contributed by atoms with Crippen LogP contribution in [0, 0.1) is 0 Å². The first kappa shape index (κ1) is 23.5. The maximum atomic E-state index is 13.7. The van der Waals surface area contributed by atoms with E-state index in [1.807, 2.05) is 30.3 Å². The molecule has 4 rings (SSSR count). The fraction of sp³-hybridized carbons (Fsp3) is 0.292. The molecule has 0 bridgehead atoms. The molecule has 30 heavy (non-hydrogen) atoms. The summed E-state index contributed by atoms with van der Waals surface area (Å²) in [6.45, 7) is 2.19. The molecule has 1 atom stereocenters. The average Bonchev–Trinajstić information content (AvgIpc) is 2.94. The van der Waals surface area contributed by atoms with E-state index in [4.69, 9.17) is 4.74 Å². The summed E-state index contributed by atoms with van der Waals surface area (Å²) in [6, 6.07) is 16.0. The van der Waals surface area contributed by atoms with E-state index < -0.39 is 5.41 Å². The first-order chi connectivity index (χ1) is 13.7. The first-order valence-corrected chi connectivity index (χ1v) is 9.77. The van der Waals surface area contributed by atoms with E-state index in [0.29, 0.717) is 32.3 Å². The van der Waals surface area contributed by atoms with Gasteiger partial charge in [0.25, 0.3) is 0 Å². The molecule has 1 aliphatic carbocycles. The van der Waals surface area contributed by atoms with Gasteiger partial charge in [-0.25, -0.2) is 0 Å². The number of rotatable bonds is 7. The van der Waals surface area contributed by atoms with Crippen molar-refractivity contribution in [3.05, 3.63) is 77.6 Å². The Kier molecular flexibility index (Phi) is 7.71. The number of carbonyl (C=O) groups excluding carboxylic acids is 2. The molecule has 2 aromatic carbocycles. The fourth-order valence-corrected chi connectivity index (χ4v) is 4.44. The third kappa shape index (κ3) is 4.09. The van der Waals surface area contributed by atoms with E-state index in [1.165, 1.54) is 0 Å². The van der Waals surface area contributed by atoms with Gasteiger partial charge in [0.05, 0.1) is 12.0 Å². The molecular formula is C24H26ClNO4. The zero-order chi connectivity index (χ0) is 19.6. The Balaban J connectivity index is 0.00000160. The molecule has 0 aliphatic heterocycles. The number of pyridine rings is 1. The van der Waals surface area contributed by atoms with E-state index in [-0.39, 0.29) is 29.6 Å². The van der Waals surface area contributed by atoms with Crippen LogP contribution in [0.25, 0.3) is 10.8 Å². The number of ketones is 1. The number of Topliss-reactive ketones (excluding diaryl/α,β-unsaturated/α-hetero) is 1. The Morgan fingerprint density at radius 3 is 2.47 bits per heavy atom. The molecule has 2 N–H and O–H groups in total. The van der Waals surface area contributed by atoms with E-state index in [0.717, 1.165) is 27.5 Å². The Bertz CT molecular complexity index is 1030. The SMILES string of the molecule is CCOC(=O)CCCC1(Cc2ccncc2)C(=O)c2cccc3cccc1c23.Cl.O. The van der Waals surface area contributed by atoms with Crippen molar-refractivity contribution in [3.8, 4) is 0 Å². The normalized spacial score (nSPS) is 16.6. The van der Waals surface area contributed by atoms with Gasteiger partial charge in [-0.2, -0.15) is 0 Å². The zero-order valence-corrected chi connectivity index (χ0v) is 17.7. The summed E-state index contributed by atoms with van der Waals surface area (Å²) < 4.78 is 5.07. The van der Waals surface area contributed by atoms with E-state index in [1.54, 1.807) is 19.3 Å². The Morgan fingerprint density at radius 2 is 1.77 bits per heavy atom. The predicted octanol–water partition coefficient (Wildman–Crippen LogP) is 4.24. The highest BCUT2D eigenvalue weighted by Gasteiger charge is 2.46. The minimum Gasteiger partial charge on any atom is -0.466 e. The van der Waals surface area contributed by atoms with Crippen molar-refractivity contribution in [1.29, 1.82) is 0 Å². The lowest BCUT2D eigenvalue weighted by Gasteiger charge is -2.29. The molecule has 0 spiro atoms. The van der Waals surface area contributed by atoms with Crippen LogP contribution in [0.3, 0.4) is 0 Å². The van der Waals surface area contributed by atoms with Crippen LogP contribution in [-0.2, 0) is 21.4 Å². The van der Waals surface area contributed by atoms with Crippen LogP contribution in [0.5, 0.6) is 0 Å². The van der Waals surface area contributed by atoms with E-state index >= 15 is 0 Å². The highest BCUT2D eigenvalue weighted by molar-refractivity contribution is 6.20. The quantitative estimate of drug-likeness (QED) is 0.527. The highest BCUT2D eigenvalue weighted by atomic mass is 35.5. The lowest BCUT2D eigenvalue weighted by molar-refractivity contribution is -0.143. The standard InChI is InChI=1S/C24H23NO3.ClH.H2O/c1-2-28-21(26)10-5-13-24(16-17-11-14-25-15-12-17)20-9-4-7-18-6-3-8-19(22(18)20)23(24)27;;/h3-4,6-9,11-12,14-15H,2,5,10,13,16H2,1H3;1H;1H2. The number of nitrogens with zero attached hydrogens (tertiary/aromatic N) is 1. The fourth-order valence-electron chi connectivity index (χ4n) is 4.44. The summed E-state index contributed by atoms with van der Waals surface area (Å²) in [4.78, 5) is 29.6. The molecule has 158 valence electrons. The van der Waals surface area contributed by atoms with E-state index in [9.17, 15) is 9.59 Å². The molecule has 1 unspecified atom stereocenters. The third-order valence-corrected chi connectivity index (χ3v) is 5.64. The molecule has 0 fully saturated rings. The van der Waals surface area contributed by atoms with Crippen LogP contribution in [0.1, 0.15) is 47.7 Å². The van der Waals surface area contributed by atoms with Gasteiger partial charge in [-0.15, -0.1) is 12.4 Å². The van der Waals surface area contributed by atoms with Gasteiger partial charge in [0.1, 0.15) is 0 Å². The summed E-state index contributed by atoms with van der Waals surface area (Å²) >= 11 is 0. The summed E-state index contributed by atoms with van der Waals surface area (Å²) in [5, 5.41) is 2.14. The lowest BCUT2D eigenvalue weighted by Crippen LogP contribution is -2.35. The van der Waals surface area contributed by atoms with Gasteiger partial charge in [0.15, 0.2) is 5.78 Å². The molecule has 0 saturated carbocycles. The van der Waals surface area contributed by atoms with Gasteiger partial charge in [-0.05, 0) is 60.2 Å². The van der Waals surface area contributed by atoms with Crippen LogP contribution in [0.4, 0.5) is 0 Å². The highest BCUT2D eigenvalue weighted by Crippen LogP contribution is 2.47. The van der Waals surface area contributed by atoms with Crippen LogP contribution in [0.15, 0.2) is 60.9 Å². The largest absolute Gasteiger partial charge is 0.466 e. The maximum absolute atomic E-state index is 13.7. The Labute approximate surface area is 182 Å². The topological polar surface area (TPSA) is 87.8 Å². The number of benzene rings is 2. The summed E-state index contributed by atoms with van der Waals surface area (Å²) in [7, 11) is 0. The number of aromatic nitrogens is 1. The summed E-state index contributed by atoms with van der Waals surface area (Å²) in [5.74, 6) is -0.0531. The van der Waals surface area contributed by atoms with Gasteiger partial charge < -0.3 is 10.2 Å². The van der Waals surface area contributed by atoms with Crippen molar-refractivity contribution in [2.45, 2.75) is 38.0 Å². The van der Waals surface area contributed by atoms with Crippen molar-refractivity contribution in [2.24, 2.45) is 0 Å². The van der Waals surface area contributed by atoms with Crippen molar-refractivity contribution in [2.75, 3.05) is 6.61 Å². The Hall–Kier alpha value is -2.76. The molecule has 0 radical (unpaired) electrons. The molecular weight excluding hydrogens is 402 g/mol. The number of ether oxygens (including phenoxy) is 1. The van der Waals surface area contributed by atoms with Crippen LogP contribution in [-0.4, -0.2) is 28.8 Å². The molecule has 3 aromatic rings. The minimum atomic E-state index is -0.656. The van der Waals surface area contributed by atoms with Crippen molar-refractivity contribution >= 4 is 34.9 Å². The zero-order valence-electron chi connectivity index (χ0n) is 16.9.